The van der Waals surface area contributed by atoms with Gasteiger partial charge in [0.1, 0.15) is 23.9 Å². The molecule has 0 bridgehead atoms. The lowest BCUT2D eigenvalue weighted by Crippen LogP contribution is -2.37. The summed E-state index contributed by atoms with van der Waals surface area (Å²) in [5.74, 6) is -0.196. The van der Waals surface area contributed by atoms with Crippen molar-refractivity contribution >= 4 is 11.9 Å². The van der Waals surface area contributed by atoms with E-state index in [4.69, 9.17) is 14.2 Å². The first-order valence-electron chi connectivity index (χ1n) is 9.01. The number of amides is 1. The highest BCUT2D eigenvalue weighted by Crippen LogP contribution is 2.17. The Morgan fingerprint density at radius 1 is 1.00 bits per heavy atom. The van der Waals surface area contributed by atoms with Crippen molar-refractivity contribution in [3.05, 3.63) is 59.9 Å². The Morgan fingerprint density at radius 2 is 1.68 bits per heavy atom. The van der Waals surface area contributed by atoms with Gasteiger partial charge in [0.25, 0.3) is 5.91 Å². The molecule has 0 saturated heterocycles. The summed E-state index contributed by atoms with van der Waals surface area (Å²) in [5.41, 5.74) is -0.0455. The average molecular weight is 389 g/mol. The number of carbonyl (C=O) groups excluding carboxylic acids is 2. The van der Waals surface area contributed by atoms with Crippen molar-refractivity contribution in [3.8, 4) is 11.5 Å². The van der Waals surface area contributed by atoms with Crippen molar-refractivity contribution in [2.45, 2.75) is 13.3 Å². The number of esters is 1. The summed E-state index contributed by atoms with van der Waals surface area (Å²) in [6.45, 7) is 2.47. The fourth-order valence-corrected chi connectivity index (χ4v) is 2.52. The van der Waals surface area contributed by atoms with Gasteiger partial charge in [-0.2, -0.15) is 0 Å². The number of hydrogen-bond donors (Lipinski definition) is 0. The zero-order chi connectivity index (χ0) is 20.4. The molecule has 2 aromatic rings. The maximum Gasteiger partial charge on any atom is 0.307 e. The smallest absolute Gasteiger partial charge is 0.307 e. The van der Waals surface area contributed by atoms with Gasteiger partial charge in [-0.15, -0.1) is 0 Å². The molecule has 0 aromatic heterocycles. The second kappa shape index (κ2) is 10.9. The summed E-state index contributed by atoms with van der Waals surface area (Å²) in [7, 11) is 1.58. The molecular weight excluding hydrogens is 365 g/mol. The van der Waals surface area contributed by atoms with Crippen LogP contribution in [-0.2, 0) is 9.53 Å². The number of rotatable bonds is 10. The Bertz CT molecular complexity index is 779. The average Bonchev–Trinajstić information content (AvgIpc) is 2.71. The number of ether oxygens (including phenoxy) is 3. The second-order valence-corrected chi connectivity index (χ2v) is 5.85. The van der Waals surface area contributed by atoms with E-state index in [-0.39, 0.29) is 38.3 Å². The molecule has 0 fully saturated rings. The van der Waals surface area contributed by atoms with E-state index in [1.807, 2.05) is 0 Å². The van der Waals surface area contributed by atoms with Crippen LogP contribution in [0.5, 0.6) is 11.5 Å². The van der Waals surface area contributed by atoms with Crippen LogP contribution in [0.4, 0.5) is 4.39 Å². The van der Waals surface area contributed by atoms with Gasteiger partial charge in [-0.05, 0) is 43.3 Å². The molecular formula is C21H24FNO5. The Morgan fingerprint density at radius 3 is 2.32 bits per heavy atom. The quantitative estimate of drug-likeness (QED) is 0.584. The minimum Gasteiger partial charge on any atom is -0.497 e. The molecule has 0 radical (unpaired) electrons. The van der Waals surface area contributed by atoms with Gasteiger partial charge in [-0.1, -0.05) is 12.1 Å². The maximum absolute atomic E-state index is 14.0. The first kappa shape index (κ1) is 21.2. The molecule has 0 N–H and O–H groups in total. The molecule has 0 aliphatic rings. The lowest BCUT2D eigenvalue weighted by atomic mass is 10.2. The Labute approximate surface area is 163 Å². The van der Waals surface area contributed by atoms with E-state index in [9.17, 15) is 14.0 Å². The summed E-state index contributed by atoms with van der Waals surface area (Å²) in [4.78, 5) is 25.8. The largest absolute Gasteiger partial charge is 0.497 e. The molecule has 28 heavy (non-hydrogen) atoms. The van der Waals surface area contributed by atoms with Crippen molar-refractivity contribution in [1.29, 1.82) is 0 Å². The molecule has 0 atom stereocenters. The number of nitrogens with zero attached hydrogens (tertiary/aromatic N) is 1. The third-order valence-corrected chi connectivity index (χ3v) is 3.97. The van der Waals surface area contributed by atoms with Gasteiger partial charge in [0.2, 0.25) is 0 Å². The molecule has 2 rings (SSSR count). The third-order valence-electron chi connectivity index (χ3n) is 3.97. The van der Waals surface area contributed by atoms with Crippen LogP contribution in [0.25, 0.3) is 0 Å². The van der Waals surface area contributed by atoms with Gasteiger partial charge in [-0.25, -0.2) is 4.39 Å². The lowest BCUT2D eigenvalue weighted by Gasteiger charge is -2.23. The zero-order valence-corrected chi connectivity index (χ0v) is 16.0. The van der Waals surface area contributed by atoms with Crippen LogP contribution in [0.15, 0.2) is 48.5 Å². The van der Waals surface area contributed by atoms with E-state index in [2.05, 4.69) is 0 Å². The highest BCUT2D eigenvalue weighted by molar-refractivity contribution is 5.94. The van der Waals surface area contributed by atoms with Crippen molar-refractivity contribution in [2.75, 3.05) is 33.4 Å². The van der Waals surface area contributed by atoms with Crippen molar-refractivity contribution in [1.82, 2.24) is 4.90 Å². The van der Waals surface area contributed by atoms with Gasteiger partial charge in [-0.3, -0.25) is 9.59 Å². The fraction of sp³-hybridized carbons (Fsp3) is 0.333. The number of carbonyl (C=O) groups is 2. The molecule has 0 saturated carbocycles. The van der Waals surface area contributed by atoms with Gasteiger partial charge < -0.3 is 19.1 Å². The highest BCUT2D eigenvalue weighted by Gasteiger charge is 2.20. The van der Waals surface area contributed by atoms with E-state index in [0.29, 0.717) is 11.5 Å². The highest BCUT2D eigenvalue weighted by atomic mass is 19.1. The number of benzene rings is 2. The maximum atomic E-state index is 14.0. The molecule has 150 valence electrons. The molecule has 0 unspecified atom stereocenters. The number of hydrogen-bond acceptors (Lipinski definition) is 5. The second-order valence-electron chi connectivity index (χ2n) is 5.85. The van der Waals surface area contributed by atoms with Gasteiger partial charge in [0, 0.05) is 6.54 Å². The normalized spacial score (nSPS) is 10.2. The summed E-state index contributed by atoms with van der Waals surface area (Å²) in [6.07, 6.45) is 0.0244. The topological polar surface area (TPSA) is 65.1 Å². The molecule has 1 amide bonds. The first-order chi connectivity index (χ1) is 13.5. The SMILES string of the molecule is CCOC(=O)CCN(CCOc1ccc(OC)cc1)C(=O)c1ccccc1F. The summed E-state index contributed by atoms with van der Waals surface area (Å²) < 4.78 is 29.6. The summed E-state index contributed by atoms with van der Waals surface area (Å²) in [5, 5.41) is 0. The van der Waals surface area contributed by atoms with Gasteiger partial charge >= 0.3 is 5.97 Å². The predicted octanol–water partition coefficient (Wildman–Crippen LogP) is 3.31. The van der Waals surface area contributed by atoms with E-state index in [1.165, 1.54) is 23.1 Å². The molecule has 0 spiro atoms. The van der Waals surface area contributed by atoms with Gasteiger partial charge in [0.15, 0.2) is 0 Å². The van der Waals surface area contributed by atoms with Crippen molar-refractivity contribution < 1.29 is 28.2 Å². The summed E-state index contributed by atoms with van der Waals surface area (Å²) in [6, 6.07) is 12.8. The van der Waals surface area contributed by atoms with Gasteiger partial charge in [0.05, 0.1) is 32.2 Å². The minimum atomic E-state index is -0.607. The molecule has 2 aromatic carbocycles. The fourth-order valence-electron chi connectivity index (χ4n) is 2.52. The monoisotopic (exact) mass is 389 g/mol. The van der Waals surface area contributed by atoms with Crippen LogP contribution in [0, 0.1) is 5.82 Å². The first-order valence-corrected chi connectivity index (χ1v) is 9.01. The molecule has 0 aliphatic heterocycles. The van der Waals surface area contributed by atoms with Crippen LogP contribution in [0.3, 0.4) is 0 Å². The van der Waals surface area contributed by atoms with E-state index in [1.54, 1.807) is 44.4 Å². The Balaban J connectivity index is 2.01. The van der Waals surface area contributed by atoms with E-state index < -0.39 is 17.7 Å². The van der Waals surface area contributed by atoms with Crippen molar-refractivity contribution in [2.24, 2.45) is 0 Å². The molecule has 7 heteroatoms. The zero-order valence-electron chi connectivity index (χ0n) is 16.0. The molecule has 0 heterocycles. The van der Waals surface area contributed by atoms with Crippen LogP contribution in [0.2, 0.25) is 0 Å². The van der Waals surface area contributed by atoms with Crippen LogP contribution in [-0.4, -0.2) is 50.2 Å². The third kappa shape index (κ3) is 6.26. The van der Waals surface area contributed by atoms with Crippen molar-refractivity contribution in [3.63, 3.8) is 0 Å². The lowest BCUT2D eigenvalue weighted by molar-refractivity contribution is -0.143. The number of halogens is 1. The van der Waals surface area contributed by atoms with E-state index in [0.717, 1.165) is 0 Å². The van der Waals surface area contributed by atoms with Crippen LogP contribution in [0.1, 0.15) is 23.7 Å². The summed E-state index contributed by atoms with van der Waals surface area (Å²) >= 11 is 0. The molecule has 0 aliphatic carbocycles. The van der Waals surface area contributed by atoms with Crippen LogP contribution < -0.4 is 9.47 Å². The Hall–Kier alpha value is -3.09. The Kier molecular flexibility index (Phi) is 8.27. The van der Waals surface area contributed by atoms with Crippen LogP contribution >= 0.6 is 0 Å². The number of methoxy groups -OCH3 is 1. The molecule has 6 nitrogen and oxygen atoms in total. The predicted molar refractivity (Wildman–Crippen MR) is 102 cm³/mol. The van der Waals surface area contributed by atoms with E-state index >= 15 is 0 Å². The minimum absolute atomic E-state index is 0.0244. The standard InChI is InChI=1S/C21H24FNO5/c1-3-27-20(24)12-13-23(21(25)18-6-4-5-7-19(18)22)14-15-28-17-10-8-16(26-2)9-11-17/h4-11H,3,12-15H2,1-2H3.